The molecule has 1 amide bonds. The Labute approximate surface area is 129 Å². The molecule has 0 radical (unpaired) electrons. The molecule has 1 aliphatic rings. The van der Waals surface area contributed by atoms with Gasteiger partial charge in [0.25, 0.3) is 0 Å². The molecule has 0 aliphatic carbocycles. The summed E-state index contributed by atoms with van der Waals surface area (Å²) in [5.74, 6) is -1.06. The van der Waals surface area contributed by atoms with Crippen LogP contribution in [0.3, 0.4) is 0 Å². The highest BCUT2D eigenvalue weighted by molar-refractivity contribution is 7.12. The van der Waals surface area contributed by atoms with E-state index in [0.717, 1.165) is 19.3 Å². The number of hydrogen-bond acceptors (Lipinski definition) is 3. The Morgan fingerprint density at radius 3 is 2.81 bits per heavy atom. The Bertz CT molecular complexity index is 524. The van der Waals surface area contributed by atoms with Crippen molar-refractivity contribution < 1.29 is 14.7 Å². The van der Waals surface area contributed by atoms with Crippen molar-refractivity contribution in [2.45, 2.75) is 46.0 Å². The zero-order valence-electron chi connectivity index (χ0n) is 12.7. The minimum atomic E-state index is -0.781. The van der Waals surface area contributed by atoms with Gasteiger partial charge in [-0.15, -0.1) is 11.3 Å². The Hall–Kier alpha value is -1.36. The van der Waals surface area contributed by atoms with Gasteiger partial charge in [0.15, 0.2) is 0 Å². The molecular formula is C16H23NO3S. The van der Waals surface area contributed by atoms with E-state index in [2.05, 4.69) is 19.9 Å². The predicted molar refractivity (Wildman–Crippen MR) is 83.7 cm³/mol. The number of nitrogens with zero attached hydrogens (tertiary/aromatic N) is 1. The lowest BCUT2D eigenvalue weighted by atomic mass is 9.98. The van der Waals surface area contributed by atoms with E-state index < -0.39 is 5.97 Å². The van der Waals surface area contributed by atoms with Crippen LogP contribution >= 0.6 is 11.3 Å². The molecule has 1 saturated heterocycles. The first-order valence-electron chi connectivity index (χ1n) is 7.54. The normalized spacial score (nSPS) is 18.8. The van der Waals surface area contributed by atoms with Gasteiger partial charge in [0.2, 0.25) is 5.91 Å². The van der Waals surface area contributed by atoms with Crippen LogP contribution in [-0.2, 0) is 16.0 Å². The van der Waals surface area contributed by atoms with Gasteiger partial charge in [0.05, 0.1) is 5.92 Å². The predicted octanol–water partition coefficient (Wildman–Crippen LogP) is 3.01. The quantitative estimate of drug-likeness (QED) is 0.909. The van der Waals surface area contributed by atoms with E-state index in [1.165, 1.54) is 15.3 Å². The average Bonchev–Trinajstić information content (AvgIpc) is 2.77. The van der Waals surface area contributed by atoms with E-state index in [-0.39, 0.29) is 11.8 Å². The van der Waals surface area contributed by atoms with Gasteiger partial charge >= 0.3 is 5.97 Å². The molecule has 1 unspecified atom stereocenters. The number of carbonyl (C=O) groups is 2. The summed E-state index contributed by atoms with van der Waals surface area (Å²) in [6, 6.07) is 2.20. The Kier molecular flexibility index (Phi) is 5.39. The van der Waals surface area contributed by atoms with Crippen LogP contribution < -0.4 is 0 Å². The molecule has 4 nitrogen and oxygen atoms in total. The van der Waals surface area contributed by atoms with Crippen molar-refractivity contribution in [2.75, 3.05) is 13.1 Å². The first kappa shape index (κ1) is 16.0. The second-order valence-corrected chi connectivity index (χ2v) is 7.27. The molecule has 1 atom stereocenters. The van der Waals surface area contributed by atoms with Crippen LogP contribution in [0, 0.1) is 19.8 Å². The van der Waals surface area contributed by atoms with Crippen molar-refractivity contribution in [1.82, 2.24) is 4.90 Å². The number of aryl methyl sites for hydroxylation is 3. The number of carboxylic acids is 1. The number of thiophene rings is 1. The molecular weight excluding hydrogens is 286 g/mol. The van der Waals surface area contributed by atoms with Crippen LogP contribution in [0.15, 0.2) is 6.07 Å². The van der Waals surface area contributed by atoms with Crippen LogP contribution in [0.2, 0.25) is 0 Å². The van der Waals surface area contributed by atoms with E-state index in [1.807, 2.05) is 0 Å². The summed E-state index contributed by atoms with van der Waals surface area (Å²) < 4.78 is 0. The van der Waals surface area contributed by atoms with E-state index in [9.17, 15) is 9.59 Å². The van der Waals surface area contributed by atoms with Gasteiger partial charge in [0.1, 0.15) is 0 Å². The molecule has 2 rings (SSSR count). The molecule has 1 N–H and O–H groups in total. The minimum absolute atomic E-state index is 0.102. The number of carbonyl (C=O) groups excluding carboxylic acids is 1. The summed E-state index contributed by atoms with van der Waals surface area (Å²) in [4.78, 5) is 27.6. The summed E-state index contributed by atoms with van der Waals surface area (Å²) in [5.41, 5.74) is 1.34. The second-order valence-electron chi connectivity index (χ2n) is 5.81. The molecule has 0 saturated carbocycles. The number of carboxylic acid groups (broad SMARTS) is 1. The number of amides is 1. The number of rotatable bonds is 5. The van der Waals surface area contributed by atoms with Gasteiger partial charge in [0, 0.05) is 29.3 Å². The SMILES string of the molecule is Cc1cc(CCCC(=O)N2CCCC(C(=O)O)C2)c(C)s1. The van der Waals surface area contributed by atoms with Crippen molar-refractivity contribution in [3.63, 3.8) is 0 Å². The zero-order chi connectivity index (χ0) is 15.4. The number of likely N-dealkylation sites (tertiary alicyclic amines) is 1. The fraction of sp³-hybridized carbons (Fsp3) is 0.625. The zero-order valence-corrected chi connectivity index (χ0v) is 13.5. The van der Waals surface area contributed by atoms with Crippen molar-refractivity contribution in [3.8, 4) is 0 Å². The Morgan fingerprint density at radius 2 is 2.19 bits per heavy atom. The lowest BCUT2D eigenvalue weighted by Crippen LogP contribution is -2.42. The van der Waals surface area contributed by atoms with E-state index >= 15 is 0 Å². The highest BCUT2D eigenvalue weighted by Gasteiger charge is 2.27. The van der Waals surface area contributed by atoms with Gasteiger partial charge in [-0.25, -0.2) is 0 Å². The monoisotopic (exact) mass is 309 g/mol. The molecule has 5 heteroatoms. The maximum absolute atomic E-state index is 12.2. The maximum Gasteiger partial charge on any atom is 0.308 e. The van der Waals surface area contributed by atoms with E-state index in [0.29, 0.717) is 25.9 Å². The first-order valence-corrected chi connectivity index (χ1v) is 8.35. The topological polar surface area (TPSA) is 57.6 Å². The van der Waals surface area contributed by atoms with Gasteiger partial charge in [-0.2, -0.15) is 0 Å². The fourth-order valence-corrected chi connectivity index (χ4v) is 3.90. The van der Waals surface area contributed by atoms with E-state index in [4.69, 9.17) is 5.11 Å². The molecule has 1 aromatic rings. The van der Waals surface area contributed by atoms with Crippen molar-refractivity contribution >= 4 is 23.2 Å². The molecule has 0 bridgehead atoms. The minimum Gasteiger partial charge on any atom is -0.481 e. The summed E-state index contributed by atoms with van der Waals surface area (Å²) in [5, 5.41) is 9.06. The molecule has 1 fully saturated rings. The third kappa shape index (κ3) is 4.30. The molecule has 116 valence electrons. The second kappa shape index (κ2) is 7.07. The first-order chi connectivity index (χ1) is 9.97. The van der Waals surface area contributed by atoms with Crippen LogP contribution in [0.1, 0.15) is 41.0 Å². The largest absolute Gasteiger partial charge is 0.481 e. The lowest BCUT2D eigenvalue weighted by molar-refractivity contribution is -0.145. The number of aliphatic carboxylic acids is 1. The number of hydrogen-bond donors (Lipinski definition) is 1. The van der Waals surface area contributed by atoms with Crippen molar-refractivity contribution in [3.05, 3.63) is 21.4 Å². The van der Waals surface area contributed by atoms with Crippen LogP contribution in [-0.4, -0.2) is 35.0 Å². The third-order valence-electron chi connectivity index (χ3n) is 4.10. The lowest BCUT2D eigenvalue weighted by Gasteiger charge is -2.30. The Balaban J connectivity index is 1.79. The molecule has 0 spiro atoms. The average molecular weight is 309 g/mol. The molecule has 0 aromatic carbocycles. The highest BCUT2D eigenvalue weighted by atomic mass is 32.1. The summed E-state index contributed by atoms with van der Waals surface area (Å²) in [6.45, 7) is 5.31. The number of piperidine rings is 1. The van der Waals surface area contributed by atoms with Gasteiger partial charge in [-0.3, -0.25) is 9.59 Å². The van der Waals surface area contributed by atoms with Gasteiger partial charge in [-0.05, 0) is 51.2 Å². The summed E-state index contributed by atoms with van der Waals surface area (Å²) >= 11 is 1.80. The maximum atomic E-state index is 12.2. The fourth-order valence-electron chi connectivity index (χ4n) is 2.93. The van der Waals surface area contributed by atoms with Crippen LogP contribution in [0.25, 0.3) is 0 Å². The molecule has 21 heavy (non-hydrogen) atoms. The molecule has 1 aliphatic heterocycles. The Morgan fingerprint density at radius 1 is 1.43 bits per heavy atom. The molecule has 2 heterocycles. The van der Waals surface area contributed by atoms with E-state index in [1.54, 1.807) is 16.2 Å². The smallest absolute Gasteiger partial charge is 0.308 e. The highest BCUT2D eigenvalue weighted by Crippen LogP contribution is 2.23. The third-order valence-corrected chi connectivity index (χ3v) is 5.11. The van der Waals surface area contributed by atoms with Gasteiger partial charge < -0.3 is 10.0 Å². The van der Waals surface area contributed by atoms with Crippen molar-refractivity contribution in [1.29, 1.82) is 0 Å². The van der Waals surface area contributed by atoms with Crippen LogP contribution in [0.4, 0.5) is 0 Å². The van der Waals surface area contributed by atoms with Crippen LogP contribution in [0.5, 0.6) is 0 Å². The standard InChI is InChI=1S/C16H23NO3S/c1-11-9-13(12(2)21-11)5-3-7-15(18)17-8-4-6-14(10-17)16(19)20/h9,14H,3-8,10H2,1-2H3,(H,19,20). The molecule has 1 aromatic heterocycles. The van der Waals surface area contributed by atoms with Gasteiger partial charge in [-0.1, -0.05) is 0 Å². The summed E-state index contributed by atoms with van der Waals surface area (Å²) in [7, 11) is 0. The van der Waals surface area contributed by atoms with Crippen molar-refractivity contribution in [2.24, 2.45) is 5.92 Å². The summed E-state index contributed by atoms with van der Waals surface area (Å²) in [6.07, 6.45) is 3.76.